The molecule has 1 N–H and O–H groups in total. The molecule has 3 fully saturated rings. The lowest BCUT2D eigenvalue weighted by Crippen LogP contribution is -2.53. The number of allylic oxidation sites excluding steroid dienone is 2. The van der Waals surface area contributed by atoms with Gasteiger partial charge in [-0.25, -0.2) is 4.90 Å². The van der Waals surface area contributed by atoms with Gasteiger partial charge in [-0.2, -0.15) is 0 Å². The number of hydrogen-bond donors (Lipinski definition) is 1. The van der Waals surface area contributed by atoms with Crippen molar-refractivity contribution in [3.63, 3.8) is 0 Å². The molecule has 3 aromatic rings. The highest BCUT2D eigenvalue weighted by atomic mass is 35.5. The Balaban J connectivity index is 1.47. The first-order chi connectivity index (χ1) is 21.8. The van der Waals surface area contributed by atoms with Crippen molar-refractivity contribution in [2.24, 2.45) is 23.7 Å². The lowest BCUT2D eigenvalue weighted by molar-refractivity contribution is -0.140. The number of likely N-dealkylation sites (tertiary alicyclic amines) is 1. The molecular formula is C36H33ClN2O6. The molecule has 230 valence electrons. The number of benzene rings is 3. The number of fused-ring (bicyclic) bond motifs is 4. The topological polar surface area (TPSA) is 104 Å². The average molecular weight is 625 g/mol. The maximum absolute atomic E-state index is 15.1. The summed E-state index contributed by atoms with van der Waals surface area (Å²) in [5.41, 5.74) is 1.50. The van der Waals surface area contributed by atoms with Crippen molar-refractivity contribution in [2.75, 3.05) is 24.7 Å². The minimum absolute atomic E-state index is 0.127. The Morgan fingerprint density at radius 1 is 0.911 bits per heavy atom. The molecule has 2 heterocycles. The first-order valence-corrected chi connectivity index (χ1v) is 15.8. The van der Waals surface area contributed by atoms with Gasteiger partial charge >= 0.3 is 0 Å². The Morgan fingerprint density at radius 2 is 1.67 bits per heavy atom. The highest BCUT2D eigenvalue weighted by Crippen LogP contribution is 2.64. The Labute approximate surface area is 266 Å². The van der Waals surface area contributed by atoms with Gasteiger partial charge in [-0.3, -0.25) is 24.1 Å². The van der Waals surface area contributed by atoms with Crippen LogP contribution in [0, 0.1) is 23.7 Å². The van der Waals surface area contributed by atoms with Crippen molar-refractivity contribution in [1.82, 2.24) is 4.90 Å². The van der Waals surface area contributed by atoms with E-state index in [0.29, 0.717) is 35.0 Å². The zero-order valence-electron chi connectivity index (χ0n) is 24.8. The maximum Gasteiger partial charge on any atom is 0.246 e. The molecule has 8 nitrogen and oxygen atoms in total. The van der Waals surface area contributed by atoms with Crippen LogP contribution in [0.1, 0.15) is 36.8 Å². The van der Waals surface area contributed by atoms with Crippen molar-refractivity contribution < 1.29 is 29.0 Å². The lowest BCUT2D eigenvalue weighted by atomic mass is 9.49. The van der Waals surface area contributed by atoms with Crippen LogP contribution >= 0.6 is 11.6 Å². The number of rotatable bonds is 7. The SMILES string of the molecule is CCN1C(=O)[C@H]2[C@H](CC=C3[C@H]2C[C@H]2C(=O)N(c4cccc(Cl)c4)C(=O)[C@@]2(c2ccccc2)[C@H]3c2ccc(OCCO)cc2)C1=O. The van der Waals surface area contributed by atoms with E-state index in [-0.39, 0.29) is 43.3 Å². The molecule has 6 atom stereocenters. The number of carbonyl (C=O) groups is 4. The number of nitrogens with zero attached hydrogens (tertiary/aromatic N) is 2. The summed E-state index contributed by atoms with van der Waals surface area (Å²) in [6, 6.07) is 23.6. The van der Waals surface area contributed by atoms with E-state index < -0.39 is 35.0 Å². The van der Waals surface area contributed by atoms with E-state index >= 15 is 4.79 Å². The molecule has 4 amide bonds. The summed E-state index contributed by atoms with van der Waals surface area (Å²) in [5, 5.41) is 9.65. The number of imide groups is 2. The third-order valence-electron chi connectivity index (χ3n) is 10.1. The van der Waals surface area contributed by atoms with E-state index in [1.54, 1.807) is 43.3 Å². The molecule has 2 aliphatic carbocycles. The molecule has 0 aromatic heterocycles. The van der Waals surface area contributed by atoms with E-state index in [1.165, 1.54) is 9.80 Å². The van der Waals surface area contributed by atoms with Crippen LogP contribution in [0.5, 0.6) is 5.75 Å². The zero-order chi connectivity index (χ0) is 31.5. The minimum Gasteiger partial charge on any atom is -0.491 e. The van der Waals surface area contributed by atoms with Gasteiger partial charge in [-0.1, -0.05) is 71.8 Å². The van der Waals surface area contributed by atoms with Crippen LogP contribution in [-0.2, 0) is 24.6 Å². The normalized spacial score (nSPS) is 29.0. The monoisotopic (exact) mass is 624 g/mol. The third kappa shape index (κ3) is 4.30. The van der Waals surface area contributed by atoms with Gasteiger partial charge in [-0.15, -0.1) is 0 Å². The van der Waals surface area contributed by atoms with Gasteiger partial charge in [0.1, 0.15) is 12.4 Å². The second-order valence-corrected chi connectivity index (χ2v) is 12.6. The summed E-state index contributed by atoms with van der Waals surface area (Å²) in [6.45, 7) is 2.11. The number of aliphatic hydroxyl groups is 1. The minimum atomic E-state index is -1.32. The summed E-state index contributed by atoms with van der Waals surface area (Å²) < 4.78 is 5.64. The summed E-state index contributed by atoms with van der Waals surface area (Å²) in [7, 11) is 0. The van der Waals surface area contributed by atoms with Gasteiger partial charge in [0.15, 0.2) is 0 Å². The molecule has 0 spiro atoms. The number of carbonyl (C=O) groups excluding carboxylic acids is 4. The van der Waals surface area contributed by atoms with Crippen molar-refractivity contribution in [3.05, 3.63) is 107 Å². The fourth-order valence-corrected chi connectivity index (χ4v) is 8.60. The number of hydrogen-bond acceptors (Lipinski definition) is 6. The molecule has 45 heavy (non-hydrogen) atoms. The molecule has 0 bridgehead atoms. The summed E-state index contributed by atoms with van der Waals surface area (Å²) >= 11 is 6.36. The number of ether oxygens (including phenoxy) is 1. The molecule has 2 saturated heterocycles. The van der Waals surface area contributed by atoms with Crippen molar-refractivity contribution in [3.8, 4) is 5.75 Å². The number of aliphatic hydroxyl groups excluding tert-OH is 1. The highest BCUT2D eigenvalue weighted by molar-refractivity contribution is 6.32. The second-order valence-electron chi connectivity index (χ2n) is 12.2. The van der Waals surface area contributed by atoms with Crippen LogP contribution in [-0.4, -0.2) is 53.4 Å². The van der Waals surface area contributed by atoms with Crippen molar-refractivity contribution in [2.45, 2.75) is 31.1 Å². The van der Waals surface area contributed by atoms with E-state index in [4.69, 9.17) is 16.3 Å². The molecule has 0 unspecified atom stereocenters. The van der Waals surface area contributed by atoms with Crippen LogP contribution in [0.25, 0.3) is 0 Å². The summed E-state index contributed by atoms with van der Waals surface area (Å²) in [5.74, 6) is -3.38. The standard InChI is InChI=1S/C36H33ClN2O6/c1-2-38-32(41)27-16-15-26-28(30(27)34(38)43)20-29-33(42)39(24-10-6-9-23(37)19-24)35(44)36(29,22-7-4-3-5-8-22)31(26)21-11-13-25(14-12-21)45-18-17-40/h3-15,19,27-31,40H,2,16-18,20H2,1H3/t27-,28+,29-,30-,31-,36+/m0/s1. The van der Waals surface area contributed by atoms with Gasteiger partial charge in [0.2, 0.25) is 23.6 Å². The predicted molar refractivity (Wildman–Crippen MR) is 167 cm³/mol. The van der Waals surface area contributed by atoms with Gasteiger partial charge in [-0.05, 0) is 67.1 Å². The van der Waals surface area contributed by atoms with Crippen molar-refractivity contribution >= 4 is 40.9 Å². The van der Waals surface area contributed by atoms with Gasteiger partial charge in [0, 0.05) is 17.5 Å². The summed E-state index contributed by atoms with van der Waals surface area (Å²) in [4.78, 5) is 59.5. The van der Waals surface area contributed by atoms with Crippen LogP contribution < -0.4 is 9.64 Å². The Bertz CT molecular complexity index is 1720. The third-order valence-corrected chi connectivity index (χ3v) is 10.4. The lowest BCUT2D eigenvalue weighted by Gasteiger charge is -2.50. The van der Waals surface area contributed by atoms with Crippen LogP contribution in [0.15, 0.2) is 90.5 Å². The Morgan fingerprint density at radius 3 is 2.36 bits per heavy atom. The largest absolute Gasteiger partial charge is 0.491 e. The predicted octanol–water partition coefficient (Wildman–Crippen LogP) is 4.89. The molecule has 7 rings (SSSR count). The quantitative estimate of drug-likeness (QED) is 0.296. The molecule has 2 aliphatic heterocycles. The highest BCUT2D eigenvalue weighted by Gasteiger charge is 2.70. The van der Waals surface area contributed by atoms with Crippen LogP contribution in [0.4, 0.5) is 5.69 Å². The Hall–Kier alpha value is -4.27. The van der Waals surface area contributed by atoms with Crippen LogP contribution in [0.2, 0.25) is 5.02 Å². The van der Waals surface area contributed by atoms with Gasteiger partial charge in [0.25, 0.3) is 0 Å². The first-order valence-electron chi connectivity index (χ1n) is 15.4. The Kier molecular flexibility index (Phi) is 7.37. The molecule has 9 heteroatoms. The fraction of sp³-hybridized carbons (Fsp3) is 0.333. The number of halogens is 1. The summed E-state index contributed by atoms with van der Waals surface area (Å²) in [6.07, 6.45) is 2.70. The average Bonchev–Trinajstić information content (AvgIpc) is 3.44. The van der Waals surface area contributed by atoms with E-state index in [1.807, 2.05) is 42.5 Å². The molecule has 3 aromatic carbocycles. The maximum atomic E-state index is 15.1. The first kappa shape index (κ1) is 29.4. The van der Waals surface area contributed by atoms with Crippen molar-refractivity contribution in [1.29, 1.82) is 0 Å². The number of anilines is 1. The zero-order valence-corrected chi connectivity index (χ0v) is 25.5. The fourth-order valence-electron chi connectivity index (χ4n) is 8.42. The second kappa shape index (κ2) is 11.3. The van der Waals surface area contributed by atoms with E-state index in [9.17, 15) is 19.5 Å². The van der Waals surface area contributed by atoms with Gasteiger partial charge < -0.3 is 9.84 Å². The molecular weight excluding hydrogens is 592 g/mol. The molecule has 1 saturated carbocycles. The molecule has 0 radical (unpaired) electrons. The van der Waals surface area contributed by atoms with E-state index in [0.717, 1.165) is 11.1 Å². The van der Waals surface area contributed by atoms with E-state index in [2.05, 4.69) is 6.08 Å². The van der Waals surface area contributed by atoms with Crippen LogP contribution in [0.3, 0.4) is 0 Å². The molecule has 4 aliphatic rings. The van der Waals surface area contributed by atoms with Gasteiger partial charge in [0.05, 0.1) is 35.5 Å². The smallest absolute Gasteiger partial charge is 0.246 e. The number of amides is 4.